The minimum Gasteiger partial charge on any atom is -0.407 e. The van der Waals surface area contributed by atoms with E-state index in [4.69, 9.17) is 21.8 Å². The molecule has 1 saturated heterocycles. The minimum atomic E-state index is 0.503. The Kier molecular flexibility index (Phi) is 5.03. The highest BCUT2D eigenvalue weighted by Crippen LogP contribution is 2.22. The van der Waals surface area contributed by atoms with Gasteiger partial charge in [-0.1, -0.05) is 23.6 Å². The lowest BCUT2D eigenvalue weighted by atomic mass is 10.00. The number of benzene rings is 1. The summed E-state index contributed by atoms with van der Waals surface area (Å²) in [6.45, 7) is 5.35. The maximum Gasteiger partial charge on any atom is 0.318 e. The Balaban J connectivity index is 1.52. The molecule has 2 heterocycles. The first-order valence-corrected chi connectivity index (χ1v) is 8.31. The van der Waals surface area contributed by atoms with Crippen LogP contribution in [0.1, 0.15) is 31.2 Å². The molecule has 3 rings (SSSR count). The summed E-state index contributed by atoms with van der Waals surface area (Å²) < 4.78 is 5.73. The summed E-state index contributed by atoms with van der Waals surface area (Å²) in [5.74, 6) is 1.36. The van der Waals surface area contributed by atoms with Gasteiger partial charge in [-0.05, 0) is 42.5 Å². The van der Waals surface area contributed by atoms with Crippen molar-refractivity contribution in [2.75, 3.05) is 23.7 Å². The number of nitrogens with one attached hydrogen (secondary N) is 1. The van der Waals surface area contributed by atoms with Crippen molar-refractivity contribution in [2.45, 2.75) is 32.9 Å². The summed E-state index contributed by atoms with van der Waals surface area (Å²) in [5.41, 5.74) is 7.60. The van der Waals surface area contributed by atoms with E-state index < -0.39 is 0 Å². The first kappa shape index (κ1) is 16.1. The van der Waals surface area contributed by atoms with Crippen LogP contribution in [0.3, 0.4) is 0 Å². The fourth-order valence-corrected chi connectivity index (χ4v) is 2.87. The van der Waals surface area contributed by atoms with E-state index in [1.54, 1.807) is 6.07 Å². The summed E-state index contributed by atoms with van der Waals surface area (Å²) in [7, 11) is 0. The average molecular weight is 336 g/mol. The minimum absolute atomic E-state index is 0.503. The van der Waals surface area contributed by atoms with Gasteiger partial charge in [-0.25, -0.2) is 0 Å². The van der Waals surface area contributed by atoms with Gasteiger partial charge in [0.05, 0.1) is 6.54 Å². The van der Waals surface area contributed by atoms with Gasteiger partial charge in [-0.3, -0.25) is 0 Å². The fourth-order valence-electron chi connectivity index (χ4n) is 2.68. The molecule has 2 aromatic rings. The molecule has 0 atom stereocenters. The molecule has 0 radical (unpaired) electrons. The van der Waals surface area contributed by atoms with Crippen LogP contribution in [0, 0.1) is 5.92 Å². The molecular formula is C16H22ClN5O. The molecule has 1 aromatic heterocycles. The summed E-state index contributed by atoms with van der Waals surface area (Å²) in [5, 5.41) is 12.2. The second kappa shape index (κ2) is 7.19. The molecule has 1 fully saturated rings. The van der Waals surface area contributed by atoms with E-state index in [2.05, 4.69) is 27.3 Å². The van der Waals surface area contributed by atoms with Gasteiger partial charge >= 0.3 is 6.01 Å². The molecule has 0 saturated carbocycles. The lowest BCUT2D eigenvalue weighted by molar-refractivity contribution is 0.401. The van der Waals surface area contributed by atoms with Crippen LogP contribution in [0.25, 0.3) is 0 Å². The highest BCUT2D eigenvalue weighted by Gasteiger charge is 2.20. The van der Waals surface area contributed by atoms with Crippen LogP contribution in [0.5, 0.6) is 0 Å². The third-order valence-corrected chi connectivity index (χ3v) is 4.44. The van der Waals surface area contributed by atoms with Crippen LogP contribution in [-0.2, 0) is 13.1 Å². The molecule has 0 spiro atoms. The summed E-state index contributed by atoms with van der Waals surface area (Å²) in [6.07, 6.45) is 2.34. The van der Waals surface area contributed by atoms with Gasteiger partial charge in [0.15, 0.2) is 0 Å². The van der Waals surface area contributed by atoms with Crippen LogP contribution < -0.4 is 16.0 Å². The Hall–Kier alpha value is -1.79. The van der Waals surface area contributed by atoms with E-state index in [0.29, 0.717) is 30.0 Å². The second-order valence-electron chi connectivity index (χ2n) is 6.09. The zero-order chi connectivity index (χ0) is 16.2. The van der Waals surface area contributed by atoms with Gasteiger partial charge in [0, 0.05) is 30.3 Å². The smallest absolute Gasteiger partial charge is 0.318 e. The normalized spacial score (nSPS) is 16.0. The van der Waals surface area contributed by atoms with E-state index in [1.165, 1.54) is 12.8 Å². The predicted molar refractivity (Wildman–Crippen MR) is 91.3 cm³/mol. The van der Waals surface area contributed by atoms with Crippen LogP contribution in [0.2, 0.25) is 5.02 Å². The summed E-state index contributed by atoms with van der Waals surface area (Å²) in [4.78, 5) is 2.16. The Morgan fingerprint density at radius 3 is 2.87 bits per heavy atom. The average Bonchev–Trinajstić information content (AvgIpc) is 3.00. The predicted octanol–water partition coefficient (Wildman–Crippen LogP) is 2.83. The van der Waals surface area contributed by atoms with Gasteiger partial charge < -0.3 is 20.4 Å². The maximum atomic E-state index is 5.98. The van der Waals surface area contributed by atoms with Crippen molar-refractivity contribution in [2.24, 2.45) is 5.92 Å². The zero-order valence-corrected chi connectivity index (χ0v) is 14.0. The Bertz CT molecular complexity index is 652. The zero-order valence-electron chi connectivity index (χ0n) is 13.3. The van der Waals surface area contributed by atoms with E-state index in [-0.39, 0.29) is 0 Å². The van der Waals surface area contributed by atoms with Gasteiger partial charge in [-0.15, -0.1) is 5.10 Å². The van der Waals surface area contributed by atoms with Gasteiger partial charge in [0.25, 0.3) is 0 Å². The number of aromatic nitrogens is 2. The van der Waals surface area contributed by atoms with Crippen molar-refractivity contribution < 1.29 is 4.42 Å². The molecule has 7 heteroatoms. The van der Waals surface area contributed by atoms with E-state index in [9.17, 15) is 0 Å². The molecule has 0 amide bonds. The lowest BCUT2D eigenvalue weighted by Crippen LogP contribution is -2.32. The van der Waals surface area contributed by atoms with Crippen LogP contribution >= 0.6 is 11.6 Å². The number of hydrogen-bond acceptors (Lipinski definition) is 6. The first-order valence-electron chi connectivity index (χ1n) is 7.94. The molecule has 1 aliphatic heterocycles. The molecule has 1 aromatic carbocycles. The monoisotopic (exact) mass is 335 g/mol. The van der Waals surface area contributed by atoms with E-state index in [1.807, 2.05) is 12.1 Å². The molecular weight excluding hydrogens is 314 g/mol. The molecule has 3 N–H and O–H groups in total. The number of nitrogens with zero attached hydrogens (tertiary/aromatic N) is 3. The van der Waals surface area contributed by atoms with E-state index >= 15 is 0 Å². The molecule has 6 nitrogen and oxygen atoms in total. The Labute approximate surface area is 141 Å². The number of halogens is 1. The molecule has 23 heavy (non-hydrogen) atoms. The highest BCUT2D eigenvalue weighted by atomic mass is 35.5. The third-order valence-electron chi connectivity index (χ3n) is 4.21. The first-order chi connectivity index (χ1) is 11.1. The number of piperidine rings is 1. The van der Waals surface area contributed by atoms with Crippen molar-refractivity contribution >= 4 is 23.3 Å². The van der Waals surface area contributed by atoms with Gasteiger partial charge in [0.2, 0.25) is 5.89 Å². The number of hydrogen-bond donors (Lipinski definition) is 2. The Morgan fingerprint density at radius 1 is 1.30 bits per heavy atom. The number of nitrogens with two attached hydrogens (primary N) is 1. The van der Waals surface area contributed by atoms with Crippen molar-refractivity contribution in [1.82, 2.24) is 15.5 Å². The summed E-state index contributed by atoms with van der Waals surface area (Å²) in [6, 6.07) is 6.07. The number of rotatable bonds is 5. The van der Waals surface area contributed by atoms with Crippen molar-refractivity contribution in [3.05, 3.63) is 34.7 Å². The van der Waals surface area contributed by atoms with E-state index in [0.717, 1.165) is 30.3 Å². The lowest BCUT2D eigenvalue weighted by Gasteiger charge is -2.28. The molecule has 0 bridgehead atoms. The van der Waals surface area contributed by atoms with Crippen LogP contribution in [0.15, 0.2) is 22.6 Å². The topological polar surface area (TPSA) is 80.2 Å². The summed E-state index contributed by atoms with van der Waals surface area (Å²) >= 11 is 5.98. The maximum absolute atomic E-state index is 5.98. The number of nitrogen functional groups attached to an aromatic ring is 1. The molecule has 0 unspecified atom stereocenters. The Morgan fingerprint density at radius 2 is 2.09 bits per heavy atom. The van der Waals surface area contributed by atoms with Gasteiger partial charge in [-0.2, -0.15) is 0 Å². The fraction of sp³-hybridized carbons (Fsp3) is 0.500. The molecule has 1 aliphatic rings. The second-order valence-corrected chi connectivity index (χ2v) is 6.53. The quantitative estimate of drug-likeness (QED) is 0.818. The number of anilines is 2. The van der Waals surface area contributed by atoms with Crippen LogP contribution in [-0.4, -0.2) is 23.3 Å². The molecule has 124 valence electrons. The highest BCUT2D eigenvalue weighted by molar-refractivity contribution is 6.30. The molecule has 0 aliphatic carbocycles. The third kappa shape index (κ3) is 4.14. The van der Waals surface area contributed by atoms with Gasteiger partial charge in [0.1, 0.15) is 0 Å². The largest absolute Gasteiger partial charge is 0.407 e. The van der Waals surface area contributed by atoms with Crippen LogP contribution in [0.4, 0.5) is 11.7 Å². The van der Waals surface area contributed by atoms with Crippen molar-refractivity contribution in [1.29, 1.82) is 0 Å². The SMILES string of the molecule is CC1CCN(c2nnc(CNCc3cc(Cl)ccc3N)o2)CC1. The van der Waals surface area contributed by atoms with Crippen molar-refractivity contribution in [3.8, 4) is 0 Å². The van der Waals surface area contributed by atoms with Crippen molar-refractivity contribution in [3.63, 3.8) is 0 Å². The standard InChI is InChI=1S/C16H22ClN5O/c1-11-4-6-22(7-5-11)16-21-20-15(23-16)10-19-9-12-8-13(17)2-3-14(12)18/h2-3,8,11,19H,4-7,9-10,18H2,1H3.